The Labute approximate surface area is 187 Å². The number of carbonyl (C=O) groups is 2. The van der Waals surface area contributed by atoms with Crippen LogP contribution >= 0.6 is 0 Å². The van der Waals surface area contributed by atoms with E-state index < -0.39 is 0 Å². The smallest absolute Gasteiger partial charge is 0.290 e. The zero-order chi connectivity index (χ0) is 22.3. The molecule has 2 aromatic carbocycles. The number of carbonyl (C=O) groups excluding carboxylic acids is 2. The largest absolute Gasteiger partial charge is 0.489 e. The predicted octanol–water partition coefficient (Wildman–Crippen LogP) is 3.30. The quantitative estimate of drug-likeness (QED) is 0.588. The molecule has 0 saturated carbocycles. The zero-order valence-corrected chi connectivity index (χ0v) is 18.4. The van der Waals surface area contributed by atoms with E-state index in [2.05, 4.69) is 10.2 Å². The molecule has 1 saturated heterocycles. The van der Waals surface area contributed by atoms with E-state index in [1.807, 2.05) is 61.5 Å². The lowest BCUT2D eigenvalue weighted by atomic mass is 10.1. The Morgan fingerprint density at radius 1 is 1.00 bits per heavy atom. The first kappa shape index (κ1) is 21.9. The lowest BCUT2D eigenvalue weighted by Gasteiger charge is -2.34. The van der Waals surface area contributed by atoms with Crippen molar-refractivity contribution in [2.45, 2.75) is 20.0 Å². The second-order valence-electron chi connectivity index (χ2n) is 7.93. The lowest BCUT2D eigenvalue weighted by molar-refractivity contribution is -0.122. The topological polar surface area (TPSA) is 75.0 Å². The Balaban J connectivity index is 1.45. The summed E-state index contributed by atoms with van der Waals surface area (Å²) in [4.78, 5) is 29.2. The number of hydrogen-bond acceptors (Lipinski definition) is 5. The second kappa shape index (κ2) is 10.3. The van der Waals surface area contributed by atoms with Crippen LogP contribution in [0.1, 0.15) is 29.5 Å². The summed E-state index contributed by atoms with van der Waals surface area (Å²) in [5.41, 5.74) is 1.43. The zero-order valence-electron chi connectivity index (χ0n) is 18.4. The van der Waals surface area contributed by atoms with E-state index in [-0.39, 0.29) is 18.4 Å². The first-order chi connectivity index (χ1) is 15.7. The van der Waals surface area contributed by atoms with Gasteiger partial charge in [-0.15, -0.1) is 0 Å². The van der Waals surface area contributed by atoms with Crippen molar-refractivity contribution in [3.8, 4) is 5.75 Å². The van der Waals surface area contributed by atoms with Crippen molar-refractivity contribution in [1.82, 2.24) is 15.1 Å². The average Bonchev–Trinajstić information content (AvgIpc) is 3.20. The number of hydrogen-bond donors (Lipinski definition) is 1. The molecule has 1 fully saturated rings. The van der Waals surface area contributed by atoms with Crippen LogP contribution in [0.15, 0.2) is 59.0 Å². The molecule has 7 heteroatoms. The van der Waals surface area contributed by atoms with E-state index in [0.29, 0.717) is 50.6 Å². The highest BCUT2D eigenvalue weighted by molar-refractivity contribution is 5.99. The van der Waals surface area contributed by atoms with Crippen molar-refractivity contribution in [2.24, 2.45) is 0 Å². The molecule has 168 valence electrons. The molecular formula is C25H29N3O4. The number of fused-ring (bicyclic) bond motifs is 1. The third kappa shape index (κ3) is 5.11. The minimum absolute atomic E-state index is 0.0317. The van der Waals surface area contributed by atoms with Gasteiger partial charge in [-0.3, -0.25) is 14.5 Å². The van der Waals surface area contributed by atoms with Gasteiger partial charge in [-0.05, 0) is 24.6 Å². The summed E-state index contributed by atoms with van der Waals surface area (Å²) in [5.74, 6) is 0.967. The van der Waals surface area contributed by atoms with Gasteiger partial charge < -0.3 is 19.4 Å². The second-order valence-corrected chi connectivity index (χ2v) is 7.93. The van der Waals surface area contributed by atoms with Crippen LogP contribution in [-0.2, 0) is 11.4 Å². The lowest BCUT2D eigenvalue weighted by Crippen LogP contribution is -2.51. The molecule has 0 aliphatic carbocycles. The normalized spacial score (nSPS) is 14.5. The molecule has 2 heterocycles. The van der Waals surface area contributed by atoms with Crippen LogP contribution < -0.4 is 10.1 Å². The Hall–Kier alpha value is -3.32. The summed E-state index contributed by atoms with van der Waals surface area (Å²) in [6.07, 6.45) is 0.918. The standard InChI is InChI=1S/C25H29N3O4/c1-2-12-26-23(29)17-27-13-15-28(16-14-27)25(30)24-21(18-31-19-8-4-3-5-9-19)20-10-6-7-11-22(20)32-24/h3-11H,2,12-18H2,1H3,(H,26,29). The molecule has 7 nitrogen and oxygen atoms in total. The Morgan fingerprint density at radius 2 is 1.72 bits per heavy atom. The van der Waals surface area contributed by atoms with Gasteiger partial charge in [0.25, 0.3) is 5.91 Å². The number of nitrogens with one attached hydrogen (secondary N) is 1. The maximum absolute atomic E-state index is 13.4. The fourth-order valence-electron chi connectivity index (χ4n) is 3.86. The first-order valence-corrected chi connectivity index (χ1v) is 11.1. The summed E-state index contributed by atoms with van der Waals surface area (Å²) >= 11 is 0. The van der Waals surface area contributed by atoms with Crippen molar-refractivity contribution in [2.75, 3.05) is 39.3 Å². The van der Waals surface area contributed by atoms with Crippen molar-refractivity contribution in [3.63, 3.8) is 0 Å². The molecule has 3 aromatic rings. The van der Waals surface area contributed by atoms with Crippen molar-refractivity contribution >= 4 is 22.8 Å². The summed E-state index contributed by atoms with van der Waals surface area (Å²) in [6.45, 7) is 5.75. The maximum atomic E-state index is 13.4. The molecule has 4 rings (SSSR count). The third-order valence-corrected chi connectivity index (χ3v) is 5.62. The Bertz CT molecular complexity index is 1060. The van der Waals surface area contributed by atoms with Gasteiger partial charge in [-0.25, -0.2) is 0 Å². The molecular weight excluding hydrogens is 406 g/mol. The SMILES string of the molecule is CCCNC(=O)CN1CCN(C(=O)c2oc3ccccc3c2COc2ccccc2)CC1. The molecule has 1 aliphatic heterocycles. The number of nitrogens with zero attached hydrogens (tertiary/aromatic N) is 2. The van der Waals surface area contributed by atoms with E-state index in [1.54, 1.807) is 4.90 Å². The van der Waals surface area contributed by atoms with Crippen LogP contribution in [0.2, 0.25) is 0 Å². The van der Waals surface area contributed by atoms with Crippen molar-refractivity contribution in [3.05, 3.63) is 65.9 Å². The monoisotopic (exact) mass is 435 g/mol. The average molecular weight is 436 g/mol. The summed E-state index contributed by atoms with van der Waals surface area (Å²) in [7, 11) is 0. The van der Waals surface area contributed by atoms with E-state index in [1.165, 1.54) is 0 Å². The predicted molar refractivity (Wildman–Crippen MR) is 123 cm³/mol. The molecule has 1 N–H and O–H groups in total. The highest BCUT2D eigenvalue weighted by atomic mass is 16.5. The van der Waals surface area contributed by atoms with Crippen LogP contribution in [0, 0.1) is 0 Å². The molecule has 2 amide bonds. The molecule has 0 bridgehead atoms. The van der Waals surface area contributed by atoms with Gasteiger partial charge in [0.15, 0.2) is 5.76 Å². The summed E-state index contributed by atoms with van der Waals surface area (Å²) in [5, 5.41) is 3.79. The summed E-state index contributed by atoms with van der Waals surface area (Å²) in [6, 6.07) is 17.2. The molecule has 0 atom stereocenters. The van der Waals surface area contributed by atoms with Crippen LogP contribution in [0.3, 0.4) is 0 Å². The van der Waals surface area contributed by atoms with E-state index >= 15 is 0 Å². The minimum atomic E-state index is -0.136. The number of amides is 2. The van der Waals surface area contributed by atoms with Gasteiger partial charge in [0.05, 0.1) is 6.54 Å². The highest BCUT2D eigenvalue weighted by Gasteiger charge is 2.28. The van der Waals surface area contributed by atoms with E-state index in [9.17, 15) is 9.59 Å². The van der Waals surface area contributed by atoms with Gasteiger partial charge in [0, 0.05) is 43.7 Å². The van der Waals surface area contributed by atoms with Crippen LogP contribution in [0.4, 0.5) is 0 Å². The van der Waals surface area contributed by atoms with E-state index in [0.717, 1.165) is 23.1 Å². The van der Waals surface area contributed by atoms with Crippen LogP contribution in [0.5, 0.6) is 5.75 Å². The van der Waals surface area contributed by atoms with Gasteiger partial charge in [-0.1, -0.05) is 43.3 Å². The number of para-hydroxylation sites is 2. The highest BCUT2D eigenvalue weighted by Crippen LogP contribution is 2.28. The molecule has 0 spiro atoms. The molecule has 0 unspecified atom stereocenters. The number of furan rings is 1. The fraction of sp³-hybridized carbons (Fsp3) is 0.360. The minimum Gasteiger partial charge on any atom is -0.489 e. The van der Waals surface area contributed by atoms with Gasteiger partial charge in [-0.2, -0.15) is 0 Å². The van der Waals surface area contributed by atoms with Gasteiger partial charge in [0.1, 0.15) is 17.9 Å². The molecule has 32 heavy (non-hydrogen) atoms. The maximum Gasteiger partial charge on any atom is 0.290 e. The van der Waals surface area contributed by atoms with Gasteiger partial charge in [0.2, 0.25) is 5.91 Å². The van der Waals surface area contributed by atoms with Crippen molar-refractivity contribution in [1.29, 1.82) is 0 Å². The number of benzene rings is 2. The van der Waals surface area contributed by atoms with E-state index in [4.69, 9.17) is 9.15 Å². The van der Waals surface area contributed by atoms with Crippen LogP contribution in [-0.4, -0.2) is 60.9 Å². The van der Waals surface area contributed by atoms with Gasteiger partial charge >= 0.3 is 0 Å². The first-order valence-electron chi connectivity index (χ1n) is 11.1. The molecule has 1 aliphatic rings. The van der Waals surface area contributed by atoms with Crippen molar-refractivity contribution < 1.29 is 18.7 Å². The molecule has 1 aromatic heterocycles. The number of rotatable bonds is 8. The molecule has 0 radical (unpaired) electrons. The third-order valence-electron chi connectivity index (χ3n) is 5.62. The van der Waals surface area contributed by atoms with Crippen LogP contribution in [0.25, 0.3) is 11.0 Å². The Kier molecular flexibility index (Phi) is 7.07. The Morgan fingerprint density at radius 3 is 2.47 bits per heavy atom. The number of piperazine rings is 1. The fourth-order valence-corrected chi connectivity index (χ4v) is 3.86. The summed E-state index contributed by atoms with van der Waals surface area (Å²) < 4.78 is 11.9. The number of ether oxygens (including phenoxy) is 1.